The molecule has 1 aliphatic rings. The van der Waals surface area contributed by atoms with Gasteiger partial charge in [-0.1, -0.05) is 44.0 Å². The second kappa shape index (κ2) is 10.6. The van der Waals surface area contributed by atoms with Crippen molar-refractivity contribution in [2.24, 2.45) is 17.4 Å². The minimum Gasteiger partial charge on any atom is -0.394 e. The van der Waals surface area contributed by atoms with Crippen molar-refractivity contribution in [3.8, 4) is 0 Å². The van der Waals surface area contributed by atoms with E-state index in [1.807, 2.05) is 39.0 Å². The summed E-state index contributed by atoms with van der Waals surface area (Å²) in [4.78, 5) is 0. The van der Waals surface area contributed by atoms with Gasteiger partial charge in [0.25, 0.3) is 0 Å². The van der Waals surface area contributed by atoms with Crippen LogP contribution >= 0.6 is 0 Å². The van der Waals surface area contributed by atoms with Crippen LogP contribution in [0.2, 0.25) is 0 Å². The summed E-state index contributed by atoms with van der Waals surface area (Å²) in [5.41, 5.74) is 23.0. The van der Waals surface area contributed by atoms with Crippen LogP contribution in [0.4, 0.5) is 0 Å². The first-order chi connectivity index (χ1) is 12.9. The standard InChI is InChI=1S/C24H35N3/c1-7-12-18(5)15-20(8-2)21(9-3)16-22(17-25)19(6)27-24(13-11-14-24)23(26)10-4/h7-9,12,22,27H,2,4,6,11,13-14,16-17,25-26H2,1,3,5H3/b12-7-,21-9-. The molecule has 1 saturated carbocycles. The molecular weight excluding hydrogens is 330 g/mol. The van der Waals surface area contributed by atoms with Gasteiger partial charge in [0.2, 0.25) is 0 Å². The first-order valence-corrected chi connectivity index (χ1v) is 9.58. The molecule has 27 heavy (non-hydrogen) atoms. The third-order valence-electron chi connectivity index (χ3n) is 5.20. The normalized spacial score (nSPS) is 16.5. The molecule has 0 amide bonds. The lowest BCUT2D eigenvalue weighted by Crippen LogP contribution is -2.54. The van der Waals surface area contributed by atoms with Gasteiger partial charge in [0, 0.05) is 23.7 Å². The lowest BCUT2D eigenvalue weighted by atomic mass is 9.74. The quantitative estimate of drug-likeness (QED) is 0.385. The van der Waals surface area contributed by atoms with Crippen molar-refractivity contribution >= 4 is 0 Å². The summed E-state index contributed by atoms with van der Waals surface area (Å²) in [6.45, 7) is 18.5. The van der Waals surface area contributed by atoms with Gasteiger partial charge >= 0.3 is 0 Å². The average Bonchev–Trinajstić information content (AvgIpc) is 2.63. The molecular formula is C24H35N3. The molecule has 1 unspecified atom stereocenters. The smallest absolute Gasteiger partial charge is 0.0841 e. The molecule has 3 nitrogen and oxygen atoms in total. The molecule has 1 rings (SSSR count). The van der Waals surface area contributed by atoms with E-state index in [2.05, 4.69) is 42.6 Å². The van der Waals surface area contributed by atoms with Crippen LogP contribution in [0.5, 0.6) is 0 Å². The van der Waals surface area contributed by atoms with E-state index >= 15 is 0 Å². The Labute approximate surface area is 165 Å². The molecule has 0 spiro atoms. The van der Waals surface area contributed by atoms with Crippen molar-refractivity contribution in [2.45, 2.75) is 52.0 Å². The topological polar surface area (TPSA) is 64.1 Å². The molecule has 0 saturated heterocycles. The number of allylic oxidation sites excluding steroid dienone is 6. The highest BCUT2D eigenvalue weighted by molar-refractivity contribution is 5.41. The lowest BCUT2D eigenvalue weighted by Gasteiger charge is -2.44. The summed E-state index contributed by atoms with van der Waals surface area (Å²) < 4.78 is 0. The number of nitrogens with two attached hydrogens (primary N) is 2. The SMILES string of the molecule is C=C=C(N)C1(NC(=C)C(CN)C/C(=C/C)C(=C=C(C)/C=C\C)C=C)CCC1. The summed E-state index contributed by atoms with van der Waals surface area (Å²) >= 11 is 0. The summed E-state index contributed by atoms with van der Waals surface area (Å²) in [6, 6.07) is 0. The highest BCUT2D eigenvalue weighted by Gasteiger charge is 2.40. The Morgan fingerprint density at radius 2 is 2.00 bits per heavy atom. The second-order valence-electron chi connectivity index (χ2n) is 7.05. The van der Waals surface area contributed by atoms with Crippen LogP contribution in [0.3, 0.4) is 0 Å². The van der Waals surface area contributed by atoms with Crippen molar-refractivity contribution in [2.75, 3.05) is 6.54 Å². The molecule has 0 aromatic heterocycles. The third-order valence-corrected chi connectivity index (χ3v) is 5.20. The lowest BCUT2D eigenvalue weighted by molar-refractivity contribution is 0.238. The van der Waals surface area contributed by atoms with Crippen molar-refractivity contribution in [3.63, 3.8) is 0 Å². The molecule has 0 heterocycles. The summed E-state index contributed by atoms with van der Waals surface area (Å²) in [5, 5.41) is 3.54. The van der Waals surface area contributed by atoms with Gasteiger partial charge in [-0.2, -0.15) is 0 Å². The van der Waals surface area contributed by atoms with E-state index in [0.29, 0.717) is 12.2 Å². The Kier molecular flexibility index (Phi) is 8.91. The van der Waals surface area contributed by atoms with E-state index in [9.17, 15) is 0 Å². The number of nitrogens with one attached hydrogen (secondary N) is 1. The second-order valence-corrected chi connectivity index (χ2v) is 7.05. The van der Waals surface area contributed by atoms with Crippen molar-refractivity contribution < 1.29 is 0 Å². The van der Waals surface area contributed by atoms with E-state index in [1.54, 1.807) is 0 Å². The van der Waals surface area contributed by atoms with Gasteiger partial charge in [-0.25, -0.2) is 0 Å². The van der Waals surface area contributed by atoms with Crippen LogP contribution in [0, 0.1) is 5.92 Å². The molecule has 1 atom stereocenters. The van der Waals surface area contributed by atoms with Crippen LogP contribution in [0.1, 0.15) is 46.5 Å². The maximum absolute atomic E-state index is 6.14. The fourth-order valence-electron chi connectivity index (χ4n) is 3.33. The zero-order valence-corrected chi connectivity index (χ0v) is 17.2. The Morgan fingerprint density at radius 3 is 2.41 bits per heavy atom. The van der Waals surface area contributed by atoms with Crippen molar-refractivity contribution in [1.29, 1.82) is 0 Å². The Bertz CT molecular complexity index is 732. The Balaban J connectivity index is 3.04. The number of rotatable bonds is 10. The van der Waals surface area contributed by atoms with Gasteiger partial charge in [0.05, 0.1) is 11.2 Å². The molecule has 0 aromatic rings. The molecule has 3 heteroatoms. The number of hydrogen-bond acceptors (Lipinski definition) is 3. The van der Waals surface area contributed by atoms with Gasteiger partial charge in [-0.05, 0) is 57.6 Å². The van der Waals surface area contributed by atoms with Gasteiger partial charge < -0.3 is 16.8 Å². The molecule has 0 radical (unpaired) electrons. The Hall–Kier alpha value is -2.44. The van der Waals surface area contributed by atoms with Crippen molar-refractivity contribution in [3.05, 3.63) is 83.6 Å². The van der Waals surface area contributed by atoms with E-state index in [1.165, 1.54) is 0 Å². The maximum atomic E-state index is 6.14. The van der Waals surface area contributed by atoms with E-state index in [-0.39, 0.29) is 11.5 Å². The molecule has 1 aliphatic carbocycles. The highest BCUT2D eigenvalue weighted by Crippen LogP contribution is 2.37. The number of hydrogen-bond donors (Lipinski definition) is 3. The molecule has 0 bridgehead atoms. The zero-order valence-electron chi connectivity index (χ0n) is 17.2. The largest absolute Gasteiger partial charge is 0.394 e. The van der Waals surface area contributed by atoms with Crippen LogP contribution in [0.15, 0.2) is 83.6 Å². The highest BCUT2D eigenvalue weighted by atomic mass is 15.0. The molecule has 0 aliphatic heterocycles. The van der Waals surface area contributed by atoms with Crippen LogP contribution in [0.25, 0.3) is 0 Å². The first-order valence-electron chi connectivity index (χ1n) is 9.58. The fraction of sp³-hybridized carbons (Fsp3) is 0.417. The predicted octanol–water partition coefficient (Wildman–Crippen LogP) is 4.78. The summed E-state index contributed by atoms with van der Waals surface area (Å²) in [5.74, 6) is 0.0880. The van der Waals surface area contributed by atoms with Gasteiger partial charge in [-0.3, -0.25) is 0 Å². The Morgan fingerprint density at radius 1 is 1.33 bits per heavy atom. The van der Waals surface area contributed by atoms with Crippen LogP contribution < -0.4 is 16.8 Å². The summed E-state index contributed by atoms with van der Waals surface area (Å²) in [6.07, 6.45) is 11.8. The van der Waals surface area contributed by atoms with E-state index < -0.39 is 0 Å². The molecule has 0 aromatic carbocycles. The average molecular weight is 366 g/mol. The van der Waals surface area contributed by atoms with Crippen LogP contribution in [-0.2, 0) is 0 Å². The van der Waals surface area contributed by atoms with Crippen LogP contribution in [-0.4, -0.2) is 12.1 Å². The first kappa shape index (κ1) is 22.6. The van der Waals surface area contributed by atoms with Gasteiger partial charge in [0.15, 0.2) is 0 Å². The minimum atomic E-state index is -0.262. The monoisotopic (exact) mass is 365 g/mol. The predicted molar refractivity (Wildman–Crippen MR) is 118 cm³/mol. The van der Waals surface area contributed by atoms with E-state index in [0.717, 1.165) is 48.1 Å². The zero-order chi connectivity index (χ0) is 20.4. The molecule has 5 N–H and O–H groups in total. The van der Waals surface area contributed by atoms with Gasteiger partial charge in [0.1, 0.15) is 0 Å². The fourth-order valence-corrected chi connectivity index (χ4v) is 3.33. The molecule has 1 fully saturated rings. The van der Waals surface area contributed by atoms with Crippen molar-refractivity contribution in [1.82, 2.24) is 5.32 Å². The summed E-state index contributed by atoms with van der Waals surface area (Å²) in [7, 11) is 0. The maximum Gasteiger partial charge on any atom is 0.0841 e. The molecule has 146 valence electrons. The van der Waals surface area contributed by atoms with E-state index in [4.69, 9.17) is 11.5 Å². The minimum absolute atomic E-state index is 0.0880. The third kappa shape index (κ3) is 5.77. The van der Waals surface area contributed by atoms with Gasteiger partial charge in [-0.15, -0.1) is 11.5 Å².